The first-order valence-electron chi connectivity index (χ1n) is 9.00. The Morgan fingerprint density at radius 3 is 2.21 bits per heavy atom. The van der Waals surface area contributed by atoms with Crippen molar-refractivity contribution in [3.8, 4) is 5.69 Å². The lowest BCUT2D eigenvalue weighted by atomic mass is 10.0. The summed E-state index contributed by atoms with van der Waals surface area (Å²) < 4.78 is 33.9. The van der Waals surface area contributed by atoms with Gasteiger partial charge < -0.3 is 4.74 Å². The second-order valence-corrected chi connectivity index (χ2v) is 8.67. The Balaban J connectivity index is 1.45. The standard InChI is InChI=1S/C18H20N4O5S/c23-17-12-27-13-18(24)22(17)15-6-10-20(11-7-15)28(25,26)16-4-2-14(3-5-16)21-9-1-8-19-21/h1-5,8-9,15H,6-7,10-13H2. The summed E-state index contributed by atoms with van der Waals surface area (Å²) in [6.07, 6.45) is 4.27. The molecule has 28 heavy (non-hydrogen) atoms. The van der Waals surface area contributed by atoms with Gasteiger partial charge in [0.15, 0.2) is 0 Å². The van der Waals surface area contributed by atoms with Crippen LogP contribution in [-0.2, 0) is 24.3 Å². The first kappa shape index (κ1) is 18.8. The van der Waals surface area contributed by atoms with Gasteiger partial charge in [0, 0.05) is 31.5 Å². The van der Waals surface area contributed by atoms with Crippen LogP contribution in [0.2, 0.25) is 0 Å². The summed E-state index contributed by atoms with van der Waals surface area (Å²) in [5.74, 6) is -0.710. The molecular formula is C18H20N4O5S. The minimum atomic E-state index is -3.64. The van der Waals surface area contributed by atoms with Crippen LogP contribution in [0.4, 0.5) is 0 Å². The second-order valence-electron chi connectivity index (χ2n) is 6.73. The molecule has 3 heterocycles. The summed E-state index contributed by atoms with van der Waals surface area (Å²) in [4.78, 5) is 25.4. The third kappa shape index (κ3) is 3.46. The zero-order chi connectivity index (χ0) is 19.7. The van der Waals surface area contributed by atoms with Crippen molar-refractivity contribution >= 4 is 21.8 Å². The van der Waals surface area contributed by atoms with Gasteiger partial charge in [0.05, 0.1) is 10.6 Å². The number of hydrogen-bond donors (Lipinski definition) is 0. The number of imide groups is 1. The van der Waals surface area contributed by atoms with Crippen LogP contribution in [0, 0.1) is 0 Å². The molecule has 9 nitrogen and oxygen atoms in total. The molecule has 0 radical (unpaired) electrons. The zero-order valence-corrected chi connectivity index (χ0v) is 15.9. The van der Waals surface area contributed by atoms with Gasteiger partial charge in [-0.05, 0) is 43.2 Å². The number of nitrogens with zero attached hydrogens (tertiary/aromatic N) is 4. The third-order valence-electron chi connectivity index (χ3n) is 5.02. The van der Waals surface area contributed by atoms with E-state index in [4.69, 9.17) is 4.74 Å². The van der Waals surface area contributed by atoms with E-state index in [1.807, 2.05) is 0 Å². The van der Waals surface area contributed by atoms with E-state index in [-0.39, 0.29) is 49.1 Å². The summed E-state index contributed by atoms with van der Waals surface area (Å²) in [6.45, 7) is 0.303. The molecular weight excluding hydrogens is 384 g/mol. The Morgan fingerprint density at radius 2 is 1.64 bits per heavy atom. The van der Waals surface area contributed by atoms with Gasteiger partial charge >= 0.3 is 0 Å². The summed E-state index contributed by atoms with van der Waals surface area (Å²) >= 11 is 0. The van der Waals surface area contributed by atoms with Crippen molar-refractivity contribution in [1.29, 1.82) is 0 Å². The van der Waals surface area contributed by atoms with Crippen molar-refractivity contribution in [3.05, 3.63) is 42.7 Å². The van der Waals surface area contributed by atoms with Crippen LogP contribution >= 0.6 is 0 Å². The molecule has 2 saturated heterocycles. The minimum Gasteiger partial charge on any atom is -0.362 e. The molecule has 2 aliphatic heterocycles. The van der Waals surface area contributed by atoms with E-state index < -0.39 is 10.0 Å². The second kappa shape index (κ2) is 7.46. The Morgan fingerprint density at radius 1 is 1.00 bits per heavy atom. The molecule has 148 valence electrons. The number of benzene rings is 1. The lowest BCUT2D eigenvalue weighted by molar-refractivity contribution is -0.162. The highest BCUT2D eigenvalue weighted by molar-refractivity contribution is 7.89. The summed E-state index contributed by atoms with van der Waals surface area (Å²) in [6, 6.07) is 8.05. The molecule has 1 aromatic heterocycles. The molecule has 0 unspecified atom stereocenters. The fourth-order valence-electron chi connectivity index (χ4n) is 3.59. The quantitative estimate of drug-likeness (QED) is 0.684. The molecule has 2 aliphatic rings. The first-order valence-corrected chi connectivity index (χ1v) is 10.4. The van der Waals surface area contributed by atoms with Gasteiger partial charge in [-0.15, -0.1) is 0 Å². The lowest BCUT2D eigenvalue weighted by Crippen LogP contribution is -2.55. The Hall–Kier alpha value is -2.56. The number of sulfonamides is 1. The smallest absolute Gasteiger partial charge is 0.255 e. The van der Waals surface area contributed by atoms with Gasteiger partial charge in [-0.25, -0.2) is 13.1 Å². The van der Waals surface area contributed by atoms with E-state index >= 15 is 0 Å². The Bertz CT molecular complexity index is 948. The predicted molar refractivity (Wildman–Crippen MR) is 98.0 cm³/mol. The highest BCUT2D eigenvalue weighted by Gasteiger charge is 2.37. The Kier molecular flexibility index (Phi) is 5.00. The average Bonchev–Trinajstić information content (AvgIpc) is 3.23. The van der Waals surface area contributed by atoms with Crippen molar-refractivity contribution < 1.29 is 22.7 Å². The van der Waals surface area contributed by atoms with Crippen LogP contribution < -0.4 is 0 Å². The fourth-order valence-corrected chi connectivity index (χ4v) is 5.06. The minimum absolute atomic E-state index is 0.104. The van der Waals surface area contributed by atoms with Gasteiger partial charge in [-0.1, -0.05) is 0 Å². The number of aromatic nitrogens is 2. The lowest BCUT2D eigenvalue weighted by Gasteiger charge is -2.38. The van der Waals surface area contributed by atoms with Crippen LogP contribution in [0.5, 0.6) is 0 Å². The van der Waals surface area contributed by atoms with Crippen LogP contribution in [0.1, 0.15) is 12.8 Å². The number of hydrogen-bond acceptors (Lipinski definition) is 6. The van der Waals surface area contributed by atoms with Gasteiger partial charge in [-0.3, -0.25) is 14.5 Å². The van der Waals surface area contributed by atoms with Crippen molar-refractivity contribution in [1.82, 2.24) is 19.0 Å². The van der Waals surface area contributed by atoms with Gasteiger partial charge in [0.2, 0.25) is 10.0 Å². The number of carbonyl (C=O) groups is 2. The van der Waals surface area contributed by atoms with Crippen molar-refractivity contribution in [3.63, 3.8) is 0 Å². The SMILES string of the molecule is O=C1COCC(=O)N1C1CCN(S(=O)(=O)c2ccc(-n3cccn3)cc2)CC1. The third-order valence-corrected chi connectivity index (χ3v) is 6.93. The van der Waals surface area contributed by atoms with E-state index in [0.29, 0.717) is 12.8 Å². The predicted octanol–water partition coefficient (Wildman–Crippen LogP) is 0.411. The maximum atomic E-state index is 12.9. The monoisotopic (exact) mass is 404 g/mol. The fraction of sp³-hybridized carbons (Fsp3) is 0.389. The molecule has 0 atom stereocenters. The molecule has 2 aromatic rings. The van der Waals surface area contributed by atoms with Crippen LogP contribution in [0.15, 0.2) is 47.6 Å². The topological polar surface area (TPSA) is 102 Å². The normalized spacial score (nSPS) is 19.9. The maximum Gasteiger partial charge on any atom is 0.255 e. The van der Waals surface area contributed by atoms with Crippen molar-refractivity contribution in [2.45, 2.75) is 23.8 Å². The van der Waals surface area contributed by atoms with Gasteiger partial charge in [0.25, 0.3) is 11.8 Å². The molecule has 4 rings (SSSR count). The molecule has 0 N–H and O–H groups in total. The van der Waals surface area contributed by atoms with E-state index in [0.717, 1.165) is 5.69 Å². The van der Waals surface area contributed by atoms with Crippen LogP contribution in [0.25, 0.3) is 5.69 Å². The van der Waals surface area contributed by atoms with Gasteiger partial charge in [-0.2, -0.15) is 9.40 Å². The number of rotatable bonds is 4. The molecule has 1 aromatic carbocycles. The molecule has 2 fully saturated rings. The number of piperidine rings is 1. The van der Waals surface area contributed by atoms with E-state index in [1.165, 1.54) is 9.21 Å². The number of ether oxygens (including phenoxy) is 1. The van der Waals surface area contributed by atoms with E-state index in [9.17, 15) is 18.0 Å². The maximum absolute atomic E-state index is 12.9. The highest BCUT2D eigenvalue weighted by atomic mass is 32.2. The molecule has 0 spiro atoms. The van der Waals surface area contributed by atoms with Crippen LogP contribution in [-0.4, -0.2) is 71.6 Å². The molecule has 10 heteroatoms. The largest absolute Gasteiger partial charge is 0.362 e. The average molecular weight is 404 g/mol. The van der Waals surface area contributed by atoms with Crippen LogP contribution in [0.3, 0.4) is 0 Å². The molecule has 2 amide bonds. The summed E-state index contributed by atoms with van der Waals surface area (Å²) in [5, 5.41) is 4.12. The van der Waals surface area contributed by atoms with Crippen molar-refractivity contribution in [2.75, 3.05) is 26.3 Å². The first-order chi connectivity index (χ1) is 13.5. The number of carbonyl (C=O) groups excluding carboxylic acids is 2. The zero-order valence-electron chi connectivity index (χ0n) is 15.1. The van der Waals surface area contributed by atoms with E-state index in [1.54, 1.807) is 47.4 Å². The summed E-state index contributed by atoms with van der Waals surface area (Å²) in [7, 11) is -3.64. The Labute approximate surface area is 162 Å². The summed E-state index contributed by atoms with van der Waals surface area (Å²) in [5.41, 5.74) is 0.770. The van der Waals surface area contributed by atoms with Crippen molar-refractivity contribution in [2.24, 2.45) is 0 Å². The van der Waals surface area contributed by atoms with Gasteiger partial charge in [0.1, 0.15) is 13.2 Å². The molecule has 0 saturated carbocycles. The molecule has 0 bridgehead atoms. The highest BCUT2D eigenvalue weighted by Crippen LogP contribution is 2.25. The molecule has 0 aliphatic carbocycles. The number of amides is 2. The van der Waals surface area contributed by atoms with E-state index in [2.05, 4.69) is 5.10 Å². The number of morpholine rings is 1.